The third kappa shape index (κ3) is 2.29. The number of rotatable bonds is 1. The summed E-state index contributed by atoms with van der Waals surface area (Å²) >= 11 is 0. The molecule has 3 heteroatoms. The second-order valence-corrected chi connectivity index (χ2v) is 5.88. The minimum Gasteiger partial charge on any atom is -0.361 e. The number of nitrogens with zero attached hydrogens (tertiary/aromatic N) is 1. The molecule has 1 N–H and O–H groups in total. The van der Waals surface area contributed by atoms with Crippen LogP contribution in [-0.2, 0) is 13.0 Å². The van der Waals surface area contributed by atoms with Gasteiger partial charge in [0.2, 0.25) is 0 Å². The molecule has 0 unspecified atom stereocenters. The van der Waals surface area contributed by atoms with Crippen LogP contribution in [0.3, 0.4) is 0 Å². The summed E-state index contributed by atoms with van der Waals surface area (Å²) in [5.41, 5.74) is 4.49. The Labute approximate surface area is 129 Å². The van der Waals surface area contributed by atoms with E-state index in [9.17, 15) is 4.79 Å². The normalized spacial score (nSPS) is 14.6. The Balaban J connectivity index is 1.64. The lowest BCUT2D eigenvalue weighted by atomic mass is 10.0. The number of amides is 1. The molecule has 0 saturated carbocycles. The summed E-state index contributed by atoms with van der Waals surface area (Å²) in [7, 11) is 0. The maximum Gasteiger partial charge on any atom is 0.254 e. The van der Waals surface area contributed by atoms with Gasteiger partial charge >= 0.3 is 0 Å². The van der Waals surface area contributed by atoms with Crippen LogP contribution in [0.5, 0.6) is 0 Å². The van der Waals surface area contributed by atoms with E-state index >= 15 is 0 Å². The molecule has 1 aromatic heterocycles. The van der Waals surface area contributed by atoms with E-state index in [4.69, 9.17) is 0 Å². The van der Waals surface area contributed by atoms with E-state index in [-0.39, 0.29) is 5.91 Å². The molecule has 1 amide bonds. The van der Waals surface area contributed by atoms with Crippen molar-refractivity contribution in [2.24, 2.45) is 0 Å². The van der Waals surface area contributed by atoms with Gasteiger partial charge in [-0.25, -0.2) is 0 Å². The summed E-state index contributed by atoms with van der Waals surface area (Å²) in [6.07, 6.45) is 3.98. The maximum absolute atomic E-state index is 12.8. The SMILES string of the molecule is O=C(c1ccc2[nH]ccc2c1)N1CCCc2ccccc2C1. The van der Waals surface area contributed by atoms with E-state index in [1.165, 1.54) is 11.1 Å². The van der Waals surface area contributed by atoms with E-state index < -0.39 is 0 Å². The summed E-state index contributed by atoms with van der Waals surface area (Å²) in [5, 5.41) is 1.08. The van der Waals surface area contributed by atoms with Crippen LogP contribution in [0.15, 0.2) is 54.7 Å². The molecule has 22 heavy (non-hydrogen) atoms. The van der Waals surface area contributed by atoms with Crippen LogP contribution < -0.4 is 0 Å². The number of aromatic amines is 1. The third-order valence-electron chi connectivity index (χ3n) is 4.44. The highest BCUT2D eigenvalue weighted by Gasteiger charge is 2.20. The Kier molecular flexibility index (Phi) is 3.19. The average molecular weight is 290 g/mol. The van der Waals surface area contributed by atoms with E-state index in [1.807, 2.05) is 35.4 Å². The average Bonchev–Trinajstić information content (AvgIpc) is 2.91. The second-order valence-electron chi connectivity index (χ2n) is 5.88. The first-order valence-corrected chi connectivity index (χ1v) is 7.74. The zero-order chi connectivity index (χ0) is 14.9. The van der Waals surface area contributed by atoms with Crippen molar-refractivity contribution < 1.29 is 4.79 Å². The van der Waals surface area contributed by atoms with Crippen molar-refractivity contribution in [2.75, 3.05) is 6.54 Å². The van der Waals surface area contributed by atoms with Crippen molar-refractivity contribution >= 4 is 16.8 Å². The fraction of sp³-hybridized carbons (Fsp3) is 0.211. The van der Waals surface area contributed by atoms with Crippen molar-refractivity contribution in [1.29, 1.82) is 0 Å². The van der Waals surface area contributed by atoms with Gasteiger partial charge in [-0.1, -0.05) is 24.3 Å². The lowest BCUT2D eigenvalue weighted by molar-refractivity contribution is 0.0746. The minimum absolute atomic E-state index is 0.125. The van der Waals surface area contributed by atoms with E-state index in [0.29, 0.717) is 6.54 Å². The Morgan fingerprint density at radius 1 is 1.05 bits per heavy atom. The molecule has 0 aliphatic carbocycles. The van der Waals surface area contributed by atoms with Gasteiger partial charge in [0.05, 0.1) is 0 Å². The lowest BCUT2D eigenvalue weighted by Gasteiger charge is -2.21. The smallest absolute Gasteiger partial charge is 0.254 e. The van der Waals surface area contributed by atoms with Crippen molar-refractivity contribution in [2.45, 2.75) is 19.4 Å². The van der Waals surface area contributed by atoms with Gasteiger partial charge in [-0.2, -0.15) is 0 Å². The number of hydrogen-bond donors (Lipinski definition) is 1. The van der Waals surface area contributed by atoms with Gasteiger partial charge in [-0.3, -0.25) is 4.79 Å². The van der Waals surface area contributed by atoms with Crippen LogP contribution in [0.4, 0.5) is 0 Å². The fourth-order valence-electron chi connectivity index (χ4n) is 3.24. The number of benzene rings is 2. The number of aromatic nitrogens is 1. The number of aryl methyl sites for hydroxylation is 1. The Morgan fingerprint density at radius 2 is 1.91 bits per heavy atom. The van der Waals surface area contributed by atoms with Crippen LogP contribution in [0.2, 0.25) is 0 Å². The van der Waals surface area contributed by atoms with E-state index in [0.717, 1.165) is 35.9 Å². The number of nitrogens with one attached hydrogen (secondary N) is 1. The minimum atomic E-state index is 0.125. The molecule has 0 spiro atoms. The fourth-order valence-corrected chi connectivity index (χ4v) is 3.24. The lowest BCUT2D eigenvalue weighted by Crippen LogP contribution is -2.30. The van der Waals surface area contributed by atoms with Crippen LogP contribution >= 0.6 is 0 Å². The second kappa shape index (κ2) is 5.34. The largest absolute Gasteiger partial charge is 0.361 e. The predicted octanol–water partition coefficient (Wildman–Crippen LogP) is 3.76. The molecule has 0 fully saturated rings. The third-order valence-corrected chi connectivity index (χ3v) is 4.44. The first-order chi connectivity index (χ1) is 10.8. The Morgan fingerprint density at radius 3 is 2.82 bits per heavy atom. The molecular weight excluding hydrogens is 272 g/mol. The molecule has 3 nitrogen and oxygen atoms in total. The standard InChI is InChI=1S/C19H18N2O/c22-19(16-7-8-18-15(12-16)9-10-20-18)21-11-3-6-14-4-1-2-5-17(14)13-21/h1-2,4-5,7-10,12,20H,3,6,11,13H2. The predicted molar refractivity (Wildman–Crippen MR) is 87.8 cm³/mol. The number of carbonyl (C=O) groups excluding carboxylic acids is 1. The topological polar surface area (TPSA) is 36.1 Å². The molecule has 2 aromatic carbocycles. The highest BCUT2D eigenvalue weighted by Crippen LogP contribution is 2.21. The van der Waals surface area contributed by atoms with E-state index in [2.05, 4.69) is 29.2 Å². The van der Waals surface area contributed by atoms with Crippen molar-refractivity contribution in [3.05, 3.63) is 71.4 Å². The molecule has 0 saturated heterocycles. The van der Waals surface area contributed by atoms with Gasteiger partial charge in [0.1, 0.15) is 0 Å². The van der Waals surface area contributed by atoms with Crippen molar-refractivity contribution in [3.63, 3.8) is 0 Å². The maximum atomic E-state index is 12.8. The highest BCUT2D eigenvalue weighted by atomic mass is 16.2. The molecule has 1 aliphatic heterocycles. The molecule has 0 bridgehead atoms. The quantitative estimate of drug-likeness (QED) is 0.728. The van der Waals surface area contributed by atoms with Crippen LogP contribution in [0.1, 0.15) is 27.9 Å². The first-order valence-electron chi connectivity index (χ1n) is 7.74. The van der Waals surface area contributed by atoms with E-state index in [1.54, 1.807) is 0 Å². The summed E-state index contributed by atoms with van der Waals surface area (Å²) < 4.78 is 0. The molecule has 2 heterocycles. The highest BCUT2D eigenvalue weighted by molar-refractivity contribution is 5.98. The molecule has 110 valence electrons. The van der Waals surface area contributed by atoms with Crippen LogP contribution in [0, 0.1) is 0 Å². The zero-order valence-corrected chi connectivity index (χ0v) is 12.4. The monoisotopic (exact) mass is 290 g/mol. The van der Waals surface area contributed by atoms with Crippen LogP contribution in [0.25, 0.3) is 10.9 Å². The van der Waals surface area contributed by atoms with Gasteiger partial charge in [-0.05, 0) is 48.2 Å². The van der Waals surface area contributed by atoms with Gasteiger partial charge in [0.15, 0.2) is 0 Å². The molecule has 0 atom stereocenters. The summed E-state index contributed by atoms with van der Waals surface area (Å²) in [6, 6.07) is 16.3. The van der Waals surface area contributed by atoms with Gasteiger partial charge in [-0.15, -0.1) is 0 Å². The Hall–Kier alpha value is -2.55. The van der Waals surface area contributed by atoms with Crippen LogP contribution in [-0.4, -0.2) is 22.3 Å². The summed E-state index contributed by atoms with van der Waals surface area (Å²) in [4.78, 5) is 18.0. The number of fused-ring (bicyclic) bond motifs is 2. The zero-order valence-electron chi connectivity index (χ0n) is 12.4. The van der Waals surface area contributed by atoms with Gasteiger partial charge in [0, 0.05) is 35.8 Å². The first kappa shape index (κ1) is 13.1. The summed E-state index contributed by atoms with van der Waals surface area (Å²) in [6.45, 7) is 1.53. The summed E-state index contributed by atoms with van der Waals surface area (Å²) in [5.74, 6) is 0.125. The number of H-pyrrole nitrogens is 1. The molecule has 3 aromatic rings. The number of hydrogen-bond acceptors (Lipinski definition) is 1. The van der Waals surface area contributed by atoms with Gasteiger partial charge in [0.25, 0.3) is 5.91 Å². The molecule has 0 radical (unpaired) electrons. The van der Waals surface area contributed by atoms with Crippen molar-refractivity contribution in [3.8, 4) is 0 Å². The van der Waals surface area contributed by atoms with Crippen molar-refractivity contribution in [1.82, 2.24) is 9.88 Å². The molecule has 1 aliphatic rings. The Bertz CT molecular complexity index is 834. The molecular formula is C19H18N2O. The molecule has 4 rings (SSSR count). The van der Waals surface area contributed by atoms with Gasteiger partial charge < -0.3 is 9.88 Å². The number of carbonyl (C=O) groups is 1.